The minimum atomic E-state index is 0.873. The van der Waals surface area contributed by atoms with E-state index in [1.165, 1.54) is 5.69 Å². The zero-order valence-corrected chi connectivity index (χ0v) is 11.7. The first kappa shape index (κ1) is 13.0. The summed E-state index contributed by atoms with van der Waals surface area (Å²) in [5.41, 5.74) is 8.08. The van der Waals surface area contributed by atoms with E-state index in [4.69, 9.17) is 5.73 Å². The summed E-state index contributed by atoms with van der Waals surface area (Å²) in [4.78, 5) is 4.86. The lowest BCUT2D eigenvalue weighted by Gasteiger charge is -2.36. The molecule has 5 heteroatoms. The molecule has 2 heterocycles. The molecule has 1 aromatic heterocycles. The molecule has 0 unspecified atom stereocenters. The average molecular weight is 271 g/mol. The predicted octanol–water partition coefficient (Wildman–Crippen LogP) is 1.29. The summed E-state index contributed by atoms with van der Waals surface area (Å²) in [6.45, 7) is 6.24. The Morgan fingerprint density at radius 2 is 1.80 bits per heavy atom. The van der Waals surface area contributed by atoms with Gasteiger partial charge >= 0.3 is 0 Å². The van der Waals surface area contributed by atoms with Gasteiger partial charge in [0.1, 0.15) is 0 Å². The van der Waals surface area contributed by atoms with Crippen LogP contribution in [0.25, 0.3) is 0 Å². The topological polar surface area (TPSA) is 50.3 Å². The lowest BCUT2D eigenvalue weighted by atomic mass is 10.2. The van der Waals surface area contributed by atoms with Gasteiger partial charge in [-0.1, -0.05) is 12.1 Å². The van der Waals surface area contributed by atoms with Crippen LogP contribution in [0.2, 0.25) is 0 Å². The molecule has 2 aromatic rings. The molecule has 1 aliphatic rings. The number of benzene rings is 1. The van der Waals surface area contributed by atoms with Gasteiger partial charge in [0.2, 0.25) is 0 Å². The molecule has 20 heavy (non-hydrogen) atoms. The Morgan fingerprint density at radius 3 is 2.50 bits per heavy atom. The van der Waals surface area contributed by atoms with Crippen LogP contribution in [0.5, 0.6) is 0 Å². The fourth-order valence-corrected chi connectivity index (χ4v) is 2.66. The lowest BCUT2D eigenvalue weighted by molar-refractivity contribution is 0.244. The van der Waals surface area contributed by atoms with Crippen molar-refractivity contribution in [1.29, 1.82) is 0 Å². The number of nitrogens with zero attached hydrogens (tertiary/aromatic N) is 4. The lowest BCUT2D eigenvalue weighted by Crippen LogP contribution is -2.47. The molecular formula is C15H21N5. The van der Waals surface area contributed by atoms with Gasteiger partial charge in [0.15, 0.2) is 0 Å². The molecule has 1 aliphatic heterocycles. The minimum Gasteiger partial charge on any atom is -0.397 e. The van der Waals surface area contributed by atoms with Gasteiger partial charge in [0.05, 0.1) is 17.9 Å². The summed E-state index contributed by atoms with van der Waals surface area (Å²) in [6, 6.07) is 10.1. The van der Waals surface area contributed by atoms with Crippen LogP contribution >= 0.6 is 0 Å². The summed E-state index contributed by atoms with van der Waals surface area (Å²) >= 11 is 0. The third kappa shape index (κ3) is 2.93. The molecular weight excluding hydrogens is 250 g/mol. The first-order valence-electron chi connectivity index (χ1n) is 7.12. The Morgan fingerprint density at radius 1 is 1.00 bits per heavy atom. The van der Waals surface area contributed by atoms with Crippen LogP contribution in [0.4, 0.5) is 11.4 Å². The van der Waals surface area contributed by atoms with E-state index in [-0.39, 0.29) is 0 Å². The van der Waals surface area contributed by atoms with E-state index in [2.05, 4.69) is 27.0 Å². The third-order valence-electron chi connectivity index (χ3n) is 3.85. The normalized spacial score (nSPS) is 16.5. The molecule has 106 valence electrons. The molecule has 0 aliphatic carbocycles. The van der Waals surface area contributed by atoms with Crippen LogP contribution in [0.15, 0.2) is 42.7 Å². The van der Waals surface area contributed by atoms with Gasteiger partial charge in [-0.2, -0.15) is 5.10 Å². The fourth-order valence-electron chi connectivity index (χ4n) is 2.66. The van der Waals surface area contributed by atoms with E-state index in [1.807, 2.05) is 35.3 Å². The number of nitrogen functional groups attached to an aromatic ring is 1. The number of para-hydroxylation sites is 2. The molecule has 1 fully saturated rings. The molecule has 2 N–H and O–H groups in total. The van der Waals surface area contributed by atoms with Gasteiger partial charge in [-0.05, 0) is 18.2 Å². The van der Waals surface area contributed by atoms with Gasteiger partial charge in [-0.3, -0.25) is 9.58 Å². The van der Waals surface area contributed by atoms with Gasteiger partial charge in [0.25, 0.3) is 0 Å². The molecule has 0 saturated carbocycles. The van der Waals surface area contributed by atoms with Crippen molar-refractivity contribution in [3.8, 4) is 0 Å². The molecule has 1 aromatic carbocycles. The second-order valence-electron chi connectivity index (χ2n) is 5.16. The third-order valence-corrected chi connectivity index (χ3v) is 3.85. The summed E-state index contributed by atoms with van der Waals surface area (Å²) in [5, 5.41) is 4.24. The molecule has 0 bridgehead atoms. The number of piperazine rings is 1. The maximum atomic E-state index is 6.04. The van der Waals surface area contributed by atoms with Crippen LogP contribution in [-0.2, 0) is 6.54 Å². The monoisotopic (exact) mass is 271 g/mol. The first-order chi connectivity index (χ1) is 9.83. The Balaban J connectivity index is 1.51. The standard InChI is InChI=1S/C15H21N5/c16-14-4-1-2-5-15(14)19-11-8-18(9-12-19)10-13-20-7-3-6-17-20/h1-7H,8-13,16H2. The Hall–Kier alpha value is -2.01. The van der Waals surface area contributed by atoms with E-state index >= 15 is 0 Å². The van der Waals surface area contributed by atoms with E-state index in [0.717, 1.165) is 45.0 Å². The van der Waals surface area contributed by atoms with Crippen LogP contribution < -0.4 is 10.6 Å². The predicted molar refractivity (Wildman–Crippen MR) is 81.7 cm³/mol. The number of nitrogens with two attached hydrogens (primary N) is 1. The van der Waals surface area contributed by atoms with Crippen molar-refractivity contribution in [1.82, 2.24) is 14.7 Å². The van der Waals surface area contributed by atoms with Crippen molar-refractivity contribution in [2.45, 2.75) is 6.54 Å². The first-order valence-corrected chi connectivity index (χ1v) is 7.12. The highest BCUT2D eigenvalue weighted by molar-refractivity contribution is 5.67. The van der Waals surface area contributed by atoms with Gasteiger partial charge in [0, 0.05) is 45.1 Å². The van der Waals surface area contributed by atoms with Crippen molar-refractivity contribution in [2.75, 3.05) is 43.4 Å². The zero-order chi connectivity index (χ0) is 13.8. The van der Waals surface area contributed by atoms with Crippen LogP contribution in [0, 0.1) is 0 Å². The quantitative estimate of drug-likeness (QED) is 0.851. The number of aromatic nitrogens is 2. The summed E-state index contributed by atoms with van der Waals surface area (Å²) in [6.07, 6.45) is 3.84. The van der Waals surface area contributed by atoms with E-state index in [0.29, 0.717) is 0 Å². The molecule has 0 amide bonds. The van der Waals surface area contributed by atoms with E-state index in [1.54, 1.807) is 0 Å². The smallest absolute Gasteiger partial charge is 0.0600 e. The molecule has 0 atom stereocenters. The van der Waals surface area contributed by atoms with E-state index < -0.39 is 0 Å². The van der Waals surface area contributed by atoms with Crippen molar-refractivity contribution >= 4 is 11.4 Å². The maximum Gasteiger partial charge on any atom is 0.0600 e. The van der Waals surface area contributed by atoms with Crippen molar-refractivity contribution in [3.05, 3.63) is 42.7 Å². The SMILES string of the molecule is Nc1ccccc1N1CCN(CCn2cccn2)CC1. The molecule has 3 rings (SSSR count). The van der Waals surface area contributed by atoms with Crippen molar-refractivity contribution in [2.24, 2.45) is 0 Å². The van der Waals surface area contributed by atoms with Crippen molar-refractivity contribution in [3.63, 3.8) is 0 Å². The Bertz CT molecular complexity index is 529. The summed E-state index contributed by atoms with van der Waals surface area (Å²) in [5.74, 6) is 0. The highest BCUT2D eigenvalue weighted by Crippen LogP contribution is 2.23. The Labute approximate surface area is 119 Å². The second-order valence-corrected chi connectivity index (χ2v) is 5.16. The summed E-state index contributed by atoms with van der Waals surface area (Å²) in [7, 11) is 0. The van der Waals surface area contributed by atoms with Crippen LogP contribution in [0.3, 0.4) is 0 Å². The number of rotatable bonds is 4. The largest absolute Gasteiger partial charge is 0.397 e. The summed E-state index contributed by atoms with van der Waals surface area (Å²) < 4.78 is 1.99. The van der Waals surface area contributed by atoms with E-state index in [9.17, 15) is 0 Å². The van der Waals surface area contributed by atoms with Crippen molar-refractivity contribution < 1.29 is 0 Å². The highest BCUT2D eigenvalue weighted by atomic mass is 15.3. The molecule has 1 saturated heterocycles. The van der Waals surface area contributed by atoms with Gasteiger partial charge < -0.3 is 10.6 Å². The fraction of sp³-hybridized carbons (Fsp3) is 0.400. The Kier molecular flexibility index (Phi) is 3.87. The zero-order valence-electron chi connectivity index (χ0n) is 11.7. The number of hydrogen-bond donors (Lipinski definition) is 1. The maximum absolute atomic E-state index is 6.04. The minimum absolute atomic E-state index is 0.873. The number of anilines is 2. The molecule has 0 radical (unpaired) electrons. The number of hydrogen-bond acceptors (Lipinski definition) is 4. The highest BCUT2D eigenvalue weighted by Gasteiger charge is 2.18. The molecule has 5 nitrogen and oxygen atoms in total. The van der Waals surface area contributed by atoms with Crippen LogP contribution in [0.1, 0.15) is 0 Å². The van der Waals surface area contributed by atoms with Crippen LogP contribution in [-0.4, -0.2) is 47.4 Å². The average Bonchev–Trinajstić information content (AvgIpc) is 3.00. The second kappa shape index (κ2) is 5.96. The molecule has 0 spiro atoms. The van der Waals surface area contributed by atoms with Gasteiger partial charge in [-0.15, -0.1) is 0 Å². The van der Waals surface area contributed by atoms with Gasteiger partial charge in [-0.25, -0.2) is 0 Å².